The zero-order valence-electron chi connectivity index (χ0n) is 15.3. The standard InChI is InChI=1S/C21H28N2O2/c1-21(2,3)15-8-10-16(11-9-15)22-20(25)23-19-6-4-5-14-7-12-17(24)13-18(14)19/h4-7,12-13,15-16,24H,8-11H2,1-3H3,(H2,22,23,25). The number of phenolic OH excluding ortho intramolecular Hbond substituents is 1. The van der Waals surface area contributed by atoms with Gasteiger partial charge in [-0.05, 0) is 60.6 Å². The molecule has 3 N–H and O–H groups in total. The molecule has 1 aliphatic carbocycles. The van der Waals surface area contributed by atoms with Crippen molar-refractivity contribution in [3.05, 3.63) is 36.4 Å². The van der Waals surface area contributed by atoms with E-state index in [1.165, 1.54) is 0 Å². The lowest BCUT2D eigenvalue weighted by molar-refractivity contribution is 0.161. The summed E-state index contributed by atoms with van der Waals surface area (Å²) in [4.78, 5) is 12.4. The van der Waals surface area contributed by atoms with Gasteiger partial charge in [-0.25, -0.2) is 4.79 Å². The van der Waals surface area contributed by atoms with Crippen molar-refractivity contribution < 1.29 is 9.90 Å². The maximum Gasteiger partial charge on any atom is 0.319 e. The summed E-state index contributed by atoms with van der Waals surface area (Å²) >= 11 is 0. The van der Waals surface area contributed by atoms with E-state index in [0.717, 1.165) is 42.4 Å². The van der Waals surface area contributed by atoms with Crippen LogP contribution in [0.5, 0.6) is 5.75 Å². The van der Waals surface area contributed by atoms with E-state index in [4.69, 9.17) is 0 Å². The highest BCUT2D eigenvalue weighted by molar-refractivity contribution is 6.02. The molecule has 0 spiro atoms. The summed E-state index contributed by atoms with van der Waals surface area (Å²) in [6.07, 6.45) is 4.39. The average Bonchev–Trinajstić information content (AvgIpc) is 2.55. The summed E-state index contributed by atoms with van der Waals surface area (Å²) in [7, 11) is 0. The van der Waals surface area contributed by atoms with E-state index in [9.17, 15) is 9.90 Å². The Morgan fingerprint density at radius 3 is 2.48 bits per heavy atom. The fourth-order valence-electron chi connectivity index (χ4n) is 3.82. The second-order valence-corrected chi connectivity index (χ2v) is 8.22. The minimum atomic E-state index is -0.171. The molecule has 4 heteroatoms. The first-order valence-electron chi connectivity index (χ1n) is 9.12. The number of urea groups is 1. The molecule has 4 nitrogen and oxygen atoms in total. The van der Waals surface area contributed by atoms with Crippen molar-refractivity contribution in [3.8, 4) is 5.75 Å². The second kappa shape index (κ2) is 6.95. The van der Waals surface area contributed by atoms with Gasteiger partial charge in [-0.15, -0.1) is 0 Å². The molecule has 0 aromatic heterocycles. The van der Waals surface area contributed by atoms with Gasteiger partial charge in [0.1, 0.15) is 5.75 Å². The first kappa shape index (κ1) is 17.6. The maximum absolute atomic E-state index is 12.4. The van der Waals surface area contributed by atoms with Gasteiger partial charge in [0.15, 0.2) is 0 Å². The third-order valence-electron chi connectivity index (χ3n) is 5.40. The Kier molecular flexibility index (Phi) is 4.89. The SMILES string of the molecule is CC(C)(C)C1CCC(NC(=O)Nc2cccc3ccc(O)cc23)CC1. The number of anilines is 1. The fraction of sp³-hybridized carbons (Fsp3) is 0.476. The highest BCUT2D eigenvalue weighted by Gasteiger charge is 2.30. The number of hydrogen-bond donors (Lipinski definition) is 3. The smallest absolute Gasteiger partial charge is 0.319 e. The Balaban J connectivity index is 1.62. The molecule has 1 fully saturated rings. The topological polar surface area (TPSA) is 61.4 Å². The summed E-state index contributed by atoms with van der Waals surface area (Å²) < 4.78 is 0. The number of hydrogen-bond acceptors (Lipinski definition) is 2. The van der Waals surface area contributed by atoms with Gasteiger partial charge in [-0.2, -0.15) is 0 Å². The van der Waals surface area contributed by atoms with Gasteiger partial charge in [-0.3, -0.25) is 0 Å². The molecule has 0 radical (unpaired) electrons. The van der Waals surface area contributed by atoms with Crippen LogP contribution in [0.4, 0.5) is 10.5 Å². The zero-order valence-corrected chi connectivity index (χ0v) is 15.3. The van der Waals surface area contributed by atoms with Gasteiger partial charge >= 0.3 is 6.03 Å². The van der Waals surface area contributed by atoms with E-state index < -0.39 is 0 Å². The van der Waals surface area contributed by atoms with Crippen LogP contribution < -0.4 is 10.6 Å². The molecule has 25 heavy (non-hydrogen) atoms. The van der Waals surface area contributed by atoms with E-state index in [2.05, 4.69) is 31.4 Å². The van der Waals surface area contributed by atoms with E-state index >= 15 is 0 Å². The number of carbonyl (C=O) groups excluding carboxylic acids is 1. The van der Waals surface area contributed by atoms with Gasteiger partial charge in [0.25, 0.3) is 0 Å². The van der Waals surface area contributed by atoms with Crippen LogP contribution in [0.25, 0.3) is 10.8 Å². The van der Waals surface area contributed by atoms with Gasteiger partial charge in [0.05, 0.1) is 5.69 Å². The zero-order chi connectivity index (χ0) is 18.0. The van der Waals surface area contributed by atoms with Crippen molar-refractivity contribution in [2.24, 2.45) is 11.3 Å². The van der Waals surface area contributed by atoms with Gasteiger partial charge in [0.2, 0.25) is 0 Å². The lowest BCUT2D eigenvalue weighted by atomic mass is 9.71. The summed E-state index contributed by atoms with van der Waals surface area (Å²) in [6.45, 7) is 6.90. The molecule has 3 rings (SSSR count). The molecule has 0 unspecified atom stereocenters. The Morgan fingerprint density at radius 1 is 1.08 bits per heavy atom. The summed E-state index contributed by atoms with van der Waals surface area (Å²) in [5.74, 6) is 0.928. The van der Waals surface area contributed by atoms with E-state index in [1.807, 2.05) is 24.3 Å². The van der Waals surface area contributed by atoms with Crippen molar-refractivity contribution in [2.75, 3.05) is 5.32 Å². The van der Waals surface area contributed by atoms with Crippen LogP contribution in [-0.4, -0.2) is 17.2 Å². The first-order chi connectivity index (χ1) is 11.8. The molecule has 0 saturated heterocycles. The van der Waals surface area contributed by atoms with Gasteiger partial charge < -0.3 is 15.7 Å². The quantitative estimate of drug-likeness (QED) is 0.697. The van der Waals surface area contributed by atoms with Crippen molar-refractivity contribution in [3.63, 3.8) is 0 Å². The molecule has 2 amide bonds. The third kappa shape index (κ3) is 4.25. The third-order valence-corrected chi connectivity index (χ3v) is 5.40. The number of aromatic hydroxyl groups is 1. The lowest BCUT2D eigenvalue weighted by Crippen LogP contribution is -2.41. The molecule has 134 valence electrons. The number of rotatable bonds is 2. The molecular formula is C21H28N2O2. The molecule has 0 heterocycles. The Bertz CT molecular complexity index is 756. The number of phenols is 1. The number of carbonyl (C=O) groups is 1. The molecule has 1 aliphatic rings. The van der Waals surface area contributed by atoms with E-state index in [1.54, 1.807) is 12.1 Å². The predicted molar refractivity (Wildman–Crippen MR) is 103 cm³/mol. The molecule has 2 aromatic rings. The van der Waals surface area contributed by atoms with Crippen molar-refractivity contribution in [2.45, 2.75) is 52.5 Å². The minimum Gasteiger partial charge on any atom is -0.508 e. The number of fused-ring (bicyclic) bond motifs is 1. The van der Waals surface area contributed by atoms with Crippen LogP contribution in [0.1, 0.15) is 46.5 Å². The largest absolute Gasteiger partial charge is 0.508 e. The Hall–Kier alpha value is -2.23. The highest BCUT2D eigenvalue weighted by atomic mass is 16.3. The monoisotopic (exact) mass is 340 g/mol. The van der Waals surface area contributed by atoms with Crippen LogP contribution in [0, 0.1) is 11.3 Å². The number of benzene rings is 2. The molecule has 0 bridgehead atoms. The second-order valence-electron chi connectivity index (χ2n) is 8.22. The van der Waals surface area contributed by atoms with E-state index in [-0.39, 0.29) is 17.8 Å². The van der Waals surface area contributed by atoms with E-state index in [0.29, 0.717) is 11.1 Å². The summed E-state index contributed by atoms with van der Waals surface area (Å²) in [6, 6.07) is 11.0. The fourth-order valence-corrected chi connectivity index (χ4v) is 3.82. The molecule has 2 aromatic carbocycles. The first-order valence-corrected chi connectivity index (χ1v) is 9.12. The minimum absolute atomic E-state index is 0.171. The Labute approximate surface area is 149 Å². The summed E-state index contributed by atoms with van der Waals surface area (Å²) in [5.41, 5.74) is 1.06. The highest BCUT2D eigenvalue weighted by Crippen LogP contribution is 2.37. The van der Waals surface area contributed by atoms with Crippen molar-refractivity contribution in [1.82, 2.24) is 5.32 Å². The predicted octanol–water partition coefficient (Wildman–Crippen LogP) is 5.27. The maximum atomic E-state index is 12.4. The van der Waals surface area contributed by atoms with Gasteiger partial charge in [-0.1, -0.05) is 39.0 Å². The lowest BCUT2D eigenvalue weighted by Gasteiger charge is -2.37. The number of amides is 2. The Morgan fingerprint density at radius 2 is 1.80 bits per heavy atom. The van der Waals surface area contributed by atoms with Crippen molar-refractivity contribution in [1.29, 1.82) is 0 Å². The van der Waals surface area contributed by atoms with Crippen molar-refractivity contribution >= 4 is 22.5 Å². The van der Waals surface area contributed by atoms with Crippen LogP contribution in [0.3, 0.4) is 0 Å². The van der Waals surface area contributed by atoms with Crippen LogP contribution >= 0.6 is 0 Å². The van der Waals surface area contributed by atoms with Crippen LogP contribution in [-0.2, 0) is 0 Å². The van der Waals surface area contributed by atoms with Crippen LogP contribution in [0.2, 0.25) is 0 Å². The molecular weight excluding hydrogens is 312 g/mol. The molecule has 0 aliphatic heterocycles. The normalized spacial score (nSPS) is 21.1. The summed E-state index contributed by atoms with van der Waals surface area (Å²) in [5, 5.41) is 17.6. The molecule has 0 atom stereocenters. The average molecular weight is 340 g/mol. The van der Waals surface area contributed by atoms with Crippen LogP contribution in [0.15, 0.2) is 36.4 Å². The number of nitrogens with one attached hydrogen (secondary N) is 2. The van der Waals surface area contributed by atoms with Gasteiger partial charge in [0, 0.05) is 11.4 Å². The molecule has 1 saturated carbocycles.